The number of aliphatic hydroxyl groups excluding tert-OH is 1. The van der Waals surface area contributed by atoms with Crippen LogP contribution in [0.5, 0.6) is 0 Å². The minimum atomic E-state index is -1.31. The number of nitrogen functional groups attached to an aromatic ring is 2. The van der Waals surface area contributed by atoms with Crippen LogP contribution >= 0.6 is 0 Å². The fourth-order valence-electron chi connectivity index (χ4n) is 2.52. The van der Waals surface area contributed by atoms with E-state index in [9.17, 15) is 15.3 Å². The highest BCUT2D eigenvalue weighted by molar-refractivity contribution is 5.41. The third kappa shape index (κ3) is 5.42. The molecule has 2 unspecified atom stereocenters. The van der Waals surface area contributed by atoms with Gasteiger partial charge in [0.15, 0.2) is 0 Å². The molecule has 7 nitrogen and oxygen atoms in total. The van der Waals surface area contributed by atoms with Gasteiger partial charge < -0.3 is 26.8 Å². The number of benzene rings is 2. The van der Waals surface area contributed by atoms with Crippen LogP contribution in [0.3, 0.4) is 0 Å². The smallest absolute Gasteiger partial charge is 0.139 e. The van der Waals surface area contributed by atoms with Crippen LogP contribution in [-0.2, 0) is 11.4 Å². The van der Waals surface area contributed by atoms with E-state index in [2.05, 4.69) is 10.6 Å². The first-order chi connectivity index (χ1) is 12.1. The van der Waals surface area contributed by atoms with Crippen molar-refractivity contribution < 1.29 is 15.3 Å². The van der Waals surface area contributed by atoms with E-state index in [4.69, 9.17) is 11.5 Å². The minimum absolute atomic E-state index is 0.127. The maximum atomic E-state index is 10.5. The Balaban J connectivity index is 1.87. The van der Waals surface area contributed by atoms with E-state index < -0.39 is 17.6 Å². The fourth-order valence-corrected chi connectivity index (χ4v) is 2.52. The molecule has 0 bridgehead atoms. The summed E-state index contributed by atoms with van der Waals surface area (Å²) in [7, 11) is 0. The van der Waals surface area contributed by atoms with Gasteiger partial charge in [0, 0.05) is 24.5 Å². The maximum absolute atomic E-state index is 10.5. The second-order valence-corrected chi connectivity index (χ2v) is 6.80. The molecule has 0 saturated heterocycles. The molecule has 0 aliphatic carbocycles. The molecule has 0 radical (unpaired) electrons. The number of hydrogen-bond donors (Lipinski definition) is 7. The van der Waals surface area contributed by atoms with E-state index in [0.29, 0.717) is 22.5 Å². The number of nitrogens with two attached hydrogens (primary N) is 2. The molecule has 0 aliphatic rings. The molecular weight excluding hydrogens is 332 g/mol. The molecule has 2 atom stereocenters. The summed E-state index contributed by atoms with van der Waals surface area (Å²) < 4.78 is 0. The molecule has 2 rings (SSSR count). The Labute approximate surface area is 153 Å². The van der Waals surface area contributed by atoms with Gasteiger partial charge in [-0.3, -0.25) is 10.6 Å². The Morgan fingerprint density at radius 1 is 0.769 bits per heavy atom. The Bertz CT molecular complexity index is 638. The summed E-state index contributed by atoms with van der Waals surface area (Å²) in [6.45, 7) is 3.46. The van der Waals surface area contributed by atoms with Crippen molar-refractivity contribution in [2.75, 3.05) is 24.6 Å². The van der Waals surface area contributed by atoms with Crippen LogP contribution in [0.15, 0.2) is 48.5 Å². The lowest BCUT2D eigenvalue weighted by molar-refractivity contribution is -0.00894. The van der Waals surface area contributed by atoms with Gasteiger partial charge >= 0.3 is 0 Å². The molecule has 26 heavy (non-hydrogen) atoms. The van der Waals surface area contributed by atoms with Crippen molar-refractivity contribution in [3.05, 3.63) is 59.7 Å². The summed E-state index contributed by atoms with van der Waals surface area (Å²) in [4.78, 5) is 0. The molecule has 0 aliphatic heterocycles. The molecule has 0 aromatic heterocycles. The van der Waals surface area contributed by atoms with E-state index >= 15 is 0 Å². The third-order valence-corrected chi connectivity index (χ3v) is 4.31. The van der Waals surface area contributed by atoms with Crippen molar-refractivity contribution in [3.63, 3.8) is 0 Å². The lowest BCUT2D eigenvalue weighted by atomic mass is 10.0. The van der Waals surface area contributed by atoms with E-state index in [-0.39, 0.29) is 13.1 Å². The highest BCUT2D eigenvalue weighted by Crippen LogP contribution is 2.20. The van der Waals surface area contributed by atoms with Gasteiger partial charge in [0.2, 0.25) is 0 Å². The van der Waals surface area contributed by atoms with Crippen molar-refractivity contribution >= 4 is 11.4 Å². The van der Waals surface area contributed by atoms with Gasteiger partial charge in [0.05, 0.1) is 6.10 Å². The van der Waals surface area contributed by atoms with Crippen LogP contribution in [-0.4, -0.2) is 34.5 Å². The SMILES string of the molecule is CC(O)(NCC(O)CNC(C)(O)c1ccc(N)cc1)c1ccc(N)cc1. The van der Waals surface area contributed by atoms with E-state index in [1.54, 1.807) is 62.4 Å². The largest absolute Gasteiger partial charge is 0.399 e. The molecule has 2 aromatic carbocycles. The monoisotopic (exact) mass is 360 g/mol. The van der Waals surface area contributed by atoms with Crippen molar-refractivity contribution in [2.45, 2.75) is 31.4 Å². The highest BCUT2D eigenvalue weighted by atomic mass is 16.3. The van der Waals surface area contributed by atoms with Gasteiger partial charge in [-0.2, -0.15) is 0 Å². The van der Waals surface area contributed by atoms with Crippen molar-refractivity contribution in [1.82, 2.24) is 10.6 Å². The maximum Gasteiger partial charge on any atom is 0.139 e. The zero-order chi connectivity index (χ0) is 19.4. The van der Waals surface area contributed by atoms with Crippen LogP contribution in [0.2, 0.25) is 0 Å². The van der Waals surface area contributed by atoms with Crippen LogP contribution < -0.4 is 22.1 Å². The number of nitrogens with one attached hydrogen (secondary N) is 2. The van der Waals surface area contributed by atoms with Gasteiger partial charge in [-0.25, -0.2) is 0 Å². The molecule has 0 heterocycles. The van der Waals surface area contributed by atoms with Crippen molar-refractivity contribution in [3.8, 4) is 0 Å². The number of aliphatic hydroxyl groups is 3. The molecular formula is C19H28N4O3. The Kier molecular flexibility index (Phi) is 6.22. The first-order valence-corrected chi connectivity index (χ1v) is 8.45. The lowest BCUT2D eigenvalue weighted by Gasteiger charge is -2.29. The Morgan fingerprint density at radius 2 is 1.08 bits per heavy atom. The zero-order valence-electron chi connectivity index (χ0n) is 15.1. The quantitative estimate of drug-likeness (QED) is 0.268. The predicted molar refractivity (Wildman–Crippen MR) is 103 cm³/mol. The van der Waals surface area contributed by atoms with Crippen LogP contribution in [0.1, 0.15) is 25.0 Å². The number of rotatable bonds is 8. The molecule has 0 fully saturated rings. The van der Waals surface area contributed by atoms with Crippen LogP contribution in [0.25, 0.3) is 0 Å². The Morgan fingerprint density at radius 3 is 1.38 bits per heavy atom. The molecule has 7 heteroatoms. The first kappa shape index (κ1) is 20.2. The third-order valence-electron chi connectivity index (χ3n) is 4.31. The van der Waals surface area contributed by atoms with Gasteiger partial charge in [-0.1, -0.05) is 24.3 Å². The van der Waals surface area contributed by atoms with Gasteiger partial charge in [0.1, 0.15) is 11.4 Å². The minimum Gasteiger partial charge on any atom is -0.399 e. The number of hydrogen-bond acceptors (Lipinski definition) is 7. The molecule has 2 aromatic rings. The normalized spacial score (nSPS) is 17.3. The predicted octanol–water partition coefficient (Wildman–Crippen LogP) is 0.421. The van der Waals surface area contributed by atoms with Gasteiger partial charge in [-0.15, -0.1) is 0 Å². The topological polar surface area (TPSA) is 137 Å². The second-order valence-electron chi connectivity index (χ2n) is 6.80. The standard InChI is InChI=1S/C19H28N4O3/c1-18(25,13-3-7-15(20)8-4-13)22-11-17(24)12-23-19(2,26)14-5-9-16(21)10-6-14/h3-10,17,22-26H,11-12,20-21H2,1-2H3. The van der Waals surface area contributed by atoms with Crippen LogP contribution in [0, 0.1) is 0 Å². The average Bonchev–Trinajstić information content (AvgIpc) is 2.59. The zero-order valence-corrected chi connectivity index (χ0v) is 15.1. The Hall–Kier alpha value is -2.16. The van der Waals surface area contributed by atoms with Gasteiger partial charge in [0.25, 0.3) is 0 Å². The molecule has 0 amide bonds. The summed E-state index contributed by atoms with van der Waals surface area (Å²) in [5.74, 6) is 0. The van der Waals surface area contributed by atoms with E-state index in [0.717, 1.165) is 0 Å². The summed E-state index contributed by atoms with van der Waals surface area (Å²) in [5.41, 5.74) is 11.2. The van der Waals surface area contributed by atoms with E-state index in [1.807, 2.05) is 0 Å². The lowest BCUT2D eigenvalue weighted by Crippen LogP contribution is -2.49. The summed E-state index contributed by atoms with van der Waals surface area (Å²) in [6.07, 6.45) is -0.824. The fraction of sp³-hybridized carbons (Fsp3) is 0.368. The molecule has 0 saturated carbocycles. The summed E-state index contributed by atoms with van der Waals surface area (Å²) in [5, 5.41) is 37.0. The summed E-state index contributed by atoms with van der Waals surface area (Å²) >= 11 is 0. The van der Waals surface area contributed by atoms with Gasteiger partial charge in [-0.05, 0) is 49.2 Å². The van der Waals surface area contributed by atoms with Crippen molar-refractivity contribution in [2.24, 2.45) is 0 Å². The van der Waals surface area contributed by atoms with Crippen LogP contribution in [0.4, 0.5) is 11.4 Å². The molecule has 0 spiro atoms. The molecule has 142 valence electrons. The average molecular weight is 360 g/mol. The second kappa shape index (κ2) is 8.03. The summed E-state index contributed by atoms with van der Waals surface area (Å²) in [6, 6.07) is 13.7. The molecule has 9 N–H and O–H groups in total. The van der Waals surface area contributed by atoms with E-state index in [1.165, 1.54) is 0 Å². The highest BCUT2D eigenvalue weighted by Gasteiger charge is 2.26. The number of anilines is 2. The first-order valence-electron chi connectivity index (χ1n) is 8.45. The van der Waals surface area contributed by atoms with Crippen molar-refractivity contribution in [1.29, 1.82) is 0 Å².